The minimum atomic E-state index is -2.09. The third-order valence-corrected chi connectivity index (χ3v) is 4.17. The summed E-state index contributed by atoms with van der Waals surface area (Å²) in [6, 6.07) is 1.45. The summed E-state index contributed by atoms with van der Waals surface area (Å²) in [6.45, 7) is 0. The van der Waals surface area contributed by atoms with Crippen LogP contribution in [-0.2, 0) is 9.73 Å². The maximum absolute atomic E-state index is 12.5. The molecule has 1 aliphatic rings. The van der Waals surface area contributed by atoms with Crippen molar-refractivity contribution < 1.29 is 8.60 Å². The van der Waals surface area contributed by atoms with Gasteiger partial charge in [0.05, 0.1) is 9.73 Å². The molecule has 0 bridgehead atoms. The van der Waals surface area contributed by atoms with Crippen LogP contribution in [0.1, 0.15) is 6.42 Å². The molecule has 0 saturated carbocycles. The highest BCUT2D eigenvalue weighted by molar-refractivity contribution is 7.95. The number of hydrogen-bond donors (Lipinski definition) is 0. The fraction of sp³-hybridized carbons (Fsp3) is 0.429. The van der Waals surface area contributed by atoms with Gasteiger partial charge in [0.1, 0.15) is 0 Å². The molecule has 0 aliphatic carbocycles. The third-order valence-electron chi connectivity index (χ3n) is 1.80. The Kier molecular flexibility index (Phi) is 1.99. The van der Waals surface area contributed by atoms with Gasteiger partial charge < -0.3 is 0 Å². The minimum Gasteiger partial charge on any atom is -0.249 e. The molecule has 0 N–H and O–H groups in total. The van der Waals surface area contributed by atoms with Crippen LogP contribution in [0.15, 0.2) is 16.6 Å². The second-order valence-electron chi connectivity index (χ2n) is 2.81. The lowest BCUT2D eigenvalue weighted by molar-refractivity contribution is 0.540. The zero-order chi connectivity index (χ0) is 9.31. The molecule has 1 aromatic rings. The van der Waals surface area contributed by atoms with Gasteiger partial charge >= 0.3 is 6.08 Å². The first-order valence-corrected chi connectivity index (χ1v) is 5.74. The molecule has 1 aliphatic heterocycles. The number of halogens is 1. The lowest BCUT2D eigenvalue weighted by atomic mass is 10.5. The van der Waals surface area contributed by atoms with E-state index in [-0.39, 0.29) is 5.82 Å². The Bertz CT molecular complexity index is 429. The normalized spacial score (nSPS) is 19.2. The molecule has 0 amide bonds. The van der Waals surface area contributed by atoms with Crippen molar-refractivity contribution in [1.82, 2.24) is 9.97 Å². The smallest absolute Gasteiger partial charge is 0.249 e. The van der Waals surface area contributed by atoms with E-state index in [9.17, 15) is 8.60 Å². The van der Waals surface area contributed by atoms with Crippen molar-refractivity contribution in [3.63, 3.8) is 0 Å². The maximum atomic E-state index is 12.5. The van der Waals surface area contributed by atoms with E-state index in [1.807, 2.05) is 0 Å². The van der Waals surface area contributed by atoms with Crippen LogP contribution in [0.25, 0.3) is 0 Å². The maximum Gasteiger partial charge on any atom is 0.310 e. The summed E-state index contributed by atoms with van der Waals surface area (Å²) in [5.74, 6) is 1.37. The molecule has 6 heteroatoms. The Morgan fingerprint density at radius 3 is 2.85 bits per heavy atom. The van der Waals surface area contributed by atoms with Crippen LogP contribution >= 0.6 is 0 Å². The topological polar surface area (TPSA) is 55.2 Å². The molecule has 0 atom stereocenters. The molecule has 2 heterocycles. The molecule has 13 heavy (non-hydrogen) atoms. The first-order valence-electron chi connectivity index (χ1n) is 3.89. The highest BCUT2D eigenvalue weighted by Gasteiger charge is 2.19. The van der Waals surface area contributed by atoms with Crippen molar-refractivity contribution in [1.29, 1.82) is 0 Å². The summed E-state index contributed by atoms with van der Waals surface area (Å²) in [5, 5.41) is 0. The minimum absolute atomic E-state index is 0.178. The molecule has 0 aromatic carbocycles. The Morgan fingerprint density at radius 2 is 2.31 bits per heavy atom. The third kappa shape index (κ3) is 1.82. The van der Waals surface area contributed by atoms with Gasteiger partial charge in [-0.15, -0.1) is 0 Å². The van der Waals surface area contributed by atoms with Crippen molar-refractivity contribution >= 4 is 15.5 Å². The lowest BCUT2D eigenvalue weighted by Gasteiger charge is -2.17. The van der Waals surface area contributed by atoms with E-state index in [0.29, 0.717) is 11.5 Å². The summed E-state index contributed by atoms with van der Waals surface area (Å²) >= 11 is 0. The van der Waals surface area contributed by atoms with E-state index in [1.165, 1.54) is 12.3 Å². The Hall–Kier alpha value is -1.04. The van der Waals surface area contributed by atoms with Crippen LogP contribution in [0.4, 0.5) is 10.2 Å². The first kappa shape index (κ1) is 8.55. The summed E-state index contributed by atoms with van der Waals surface area (Å²) in [5.41, 5.74) is 0. The van der Waals surface area contributed by atoms with Gasteiger partial charge in [-0.25, -0.2) is 9.19 Å². The summed E-state index contributed by atoms with van der Waals surface area (Å²) in [7, 11) is -2.09. The van der Waals surface area contributed by atoms with Gasteiger partial charge in [0.15, 0.2) is 5.82 Å². The molecule has 1 aromatic heterocycles. The van der Waals surface area contributed by atoms with E-state index < -0.39 is 15.8 Å². The largest absolute Gasteiger partial charge is 0.310 e. The van der Waals surface area contributed by atoms with Gasteiger partial charge in [-0.2, -0.15) is 13.7 Å². The standard InChI is InChI=1S/C7H8FN3OS/c8-7-9-3-2-6(10-7)11-13(12)4-1-5-13/h2-3H,1,4-5H2. The molecular weight excluding hydrogens is 193 g/mol. The van der Waals surface area contributed by atoms with Gasteiger partial charge in [-0.05, 0) is 6.42 Å². The van der Waals surface area contributed by atoms with Crippen LogP contribution in [0, 0.1) is 6.08 Å². The number of aromatic nitrogens is 2. The second-order valence-corrected chi connectivity index (χ2v) is 5.35. The average molecular weight is 201 g/mol. The number of nitrogens with zero attached hydrogens (tertiary/aromatic N) is 3. The molecule has 1 saturated heterocycles. The van der Waals surface area contributed by atoms with Crippen LogP contribution in [0.3, 0.4) is 0 Å². The van der Waals surface area contributed by atoms with Crippen molar-refractivity contribution in [2.75, 3.05) is 11.5 Å². The van der Waals surface area contributed by atoms with Gasteiger partial charge in [0.2, 0.25) is 0 Å². The Labute approximate surface area is 75.4 Å². The molecule has 0 spiro atoms. The lowest BCUT2D eigenvalue weighted by Crippen LogP contribution is -2.23. The SMILES string of the molecule is O=S1(=Nc2ccnc(F)n2)CCC1. The van der Waals surface area contributed by atoms with E-state index in [2.05, 4.69) is 14.3 Å². The van der Waals surface area contributed by atoms with Crippen LogP contribution in [0.2, 0.25) is 0 Å². The average Bonchev–Trinajstić information content (AvgIpc) is 2.01. The van der Waals surface area contributed by atoms with Gasteiger partial charge in [-0.3, -0.25) is 0 Å². The monoisotopic (exact) mass is 201 g/mol. The highest BCUT2D eigenvalue weighted by Crippen LogP contribution is 2.18. The van der Waals surface area contributed by atoms with Crippen molar-refractivity contribution in [3.05, 3.63) is 18.3 Å². The van der Waals surface area contributed by atoms with E-state index in [1.54, 1.807) is 0 Å². The fourth-order valence-electron chi connectivity index (χ4n) is 1.03. The highest BCUT2D eigenvalue weighted by atomic mass is 32.2. The Morgan fingerprint density at radius 1 is 1.54 bits per heavy atom. The first-order chi connectivity index (χ1) is 6.18. The quantitative estimate of drug-likeness (QED) is 0.640. The number of rotatable bonds is 1. The van der Waals surface area contributed by atoms with Crippen LogP contribution in [0.5, 0.6) is 0 Å². The summed E-state index contributed by atoms with van der Waals surface area (Å²) in [4.78, 5) is 6.70. The van der Waals surface area contributed by atoms with Gasteiger partial charge in [-0.1, -0.05) is 0 Å². The molecule has 0 radical (unpaired) electrons. The summed E-state index contributed by atoms with van der Waals surface area (Å²) in [6.07, 6.45) is 1.36. The zero-order valence-corrected chi connectivity index (χ0v) is 7.63. The second kappa shape index (κ2) is 3.02. The van der Waals surface area contributed by atoms with Crippen molar-refractivity contribution in [2.24, 2.45) is 4.36 Å². The van der Waals surface area contributed by atoms with Gasteiger partial charge in [0, 0.05) is 23.8 Å². The number of hydrogen-bond acceptors (Lipinski definition) is 4. The molecule has 70 valence electrons. The molecular formula is C7H8FN3OS. The predicted molar refractivity (Wildman–Crippen MR) is 46.6 cm³/mol. The van der Waals surface area contributed by atoms with E-state index in [4.69, 9.17) is 0 Å². The predicted octanol–water partition coefficient (Wildman–Crippen LogP) is 1.12. The van der Waals surface area contributed by atoms with E-state index >= 15 is 0 Å². The molecule has 2 rings (SSSR count). The van der Waals surface area contributed by atoms with E-state index in [0.717, 1.165) is 6.42 Å². The molecule has 1 fully saturated rings. The van der Waals surface area contributed by atoms with Crippen molar-refractivity contribution in [3.8, 4) is 0 Å². The summed E-state index contributed by atoms with van der Waals surface area (Å²) < 4.78 is 28.0. The van der Waals surface area contributed by atoms with Gasteiger partial charge in [0.25, 0.3) is 0 Å². The van der Waals surface area contributed by atoms with Crippen LogP contribution in [-0.4, -0.2) is 25.7 Å². The molecule has 0 unspecified atom stereocenters. The molecule has 4 nitrogen and oxygen atoms in total. The van der Waals surface area contributed by atoms with Crippen molar-refractivity contribution in [2.45, 2.75) is 6.42 Å². The van der Waals surface area contributed by atoms with Crippen LogP contribution < -0.4 is 0 Å². The Balaban J connectivity index is 2.37. The fourth-order valence-corrected chi connectivity index (χ4v) is 2.44. The zero-order valence-electron chi connectivity index (χ0n) is 6.81.